The second-order valence-corrected chi connectivity index (χ2v) is 8.27. The van der Waals surface area contributed by atoms with E-state index < -0.39 is 0 Å². The number of hydrogen-bond donors (Lipinski definition) is 0. The van der Waals surface area contributed by atoms with Gasteiger partial charge in [-0.05, 0) is 55.4 Å². The second-order valence-electron chi connectivity index (χ2n) is 8.27. The molecule has 3 fully saturated rings. The summed E-state index contributed by atoms with van der Waals surface area (Å²) in [6.07, 6.45) is 9.61. The molecule has 0 spiro atoms. The second kappa shape index (κ2) is 6.32. The van der Waals surface area contributed by atoms with Crippen LogP contribution in [0.1, 0.15) is 42.5 Å². The van der Waals surface area contributed by atoms with Crippen LogP contribution in [0.3, 0.4) is 0 Å². The fourth-order valence-electron chi connectivity index (χ4n) is 5.37. The van der Waals surface area contributed by atoms with E-state index in [1.54, 1.807) is 24.3 Å². The highest BCUT2D eigenvalue weighted by molar-refractivity contribution is 6.22. The molecule has 0 radical (unpaired) electrons. The van der Waals surface area contributed by atoms with Crippen molar-refractivity contribution in [1.29, 1.82) is 0 Å². The molecule has 4 aliphatic rings. The van der Waals surface area contributed by atoms with Crippen LogP contribution in [0.15, 0.2) is 36.4 Å². The molecule has 0 aromatic heterocycles. The molecule has 2 saturated heterocycles. The van der Waals surface area contributed by atoms with Crippen molar-refractivity contribution in [3.8, 4) is 0 Å². The SMILES string of the molecule is O=C(c1ccc(N2C(=O)[C@@H]3[C@@H](C2=O)[C@H]2C=C[C@@H]3C2)cc1)N1CCCCCC1. The highest BCUT2D eigenvalue weighted by Crippen LogP contribution is 2.53. The van der Waals surface area contributed by atoms with Crippen molar-refractivity contribution in [2.75, 3.05) is 18.0 Å². The molecule has 0 N–H and O–H groups in total. The van der Waals surface area contributed by atoms with E-state index in [2.05, 4.69) is 12.2 Å². The van der Waals surface area contributed by atoms with Crippen LogP contribution in [0.5, 0.6) is 0 Å². The van der Waals surface area contributed by atoms with Crippen LogP contribution < -0.4 is 4.90 Å². The van der Waals surface area contributed by atoms with Crippen molar-refractivity contribution in [1.82, 2.24) is 4.90 Å². The van der Waals surface area contributed by atoms with Gasteiger partial charge in [0.25, 0.3) is 5.91 Å². The number of carbonyl (C=O) groups is 3. The summed E-state index contributed by atoms with van der Waals surface area (Å²) >= 11 is 0. The van der Waals surface area contributed by atoms with Crippen LogP contribution >= 0.6 is 0 Å². The molecule has 1 aromatic rings. The summed E-state index contributed by atoms with van der Waals surface area (Å²) < 4.78 is 0. The van der Waals surface area contributed by atoms with Gasteiger partial charge in [-0.1, -0.05) is 25.0 Å². The van der Waals surface area contributed by atoms with E-state index in [9.17, 15) is 14.4 Å². The highest BCUT2D eigenvalue weighted by Gasteiger charge is 2.59. The molecule has 140 valence electrons. The molecule has 4 atom stereocenters. The molecule has 2 aliphatic carbocycles. The number of carbonyl (C=O) groups excluding carboxylic acids is 3. The van der Waals surface area contributed by atoms with Crippen molar-refractivity contribution in [2.24, 2.45) is 23.7 Å². The molecule has 1 aromatic carbocycles. The first-order valence-corrected chi connectivity index (χ1v) is 10.1. The number of allylic oxidation sites excluding steroid dienone is 2. The Morgan fingerprint density at radius 3 is 1.93 bits per heavy atom. The highest BCUT2D eigenvalue weighted by atomic mass is 16.2. The van der Waals surface area contributed by atoms with Gasteiger partial charge in [0.05, 0.1) is 17.5 Å². The fourth-order valence-corrected chi connectivity index (χ4v) is 5.37. The summed E-state index contributed by atoms with van der Waals surface area (Å²) in [6, 6.07) is 7.00. The summed E-state index contributed by atoms with van der Waals surface area (Å²) in [5.41, 5.74) is 1.22. The third-order valence-corrected chi connectivity index (χ3v) is 6.74. The van der Waals surface area contributed by atoms with Gasteiger partial charge in [0, 0.05) is 18.7 Å². The maximum absolute atomic E-state index is 12.9. The lowest BCUT2D eigenvalue weighted by molar-refractivity contribution is -0.123. The minimum atomic E-state index is -0.189. The summed E-state index contributed by atoms with van der Waals surface area (Å²) in [5, 5.41) is 0. The van der Waals surface area contributed by atoms with Crippen molar-refractivity contribution in [3.63, 3.8) is 0 Å². The Hall–Kier alpha value is -2.43. The van der Waals surface area contributed by atoms with E-state index in [0.717, 1.165) is 32.4 Å². The molecule has 5 rings (SSSR count). The third kappa shape index (κ3) is 2.55. The Balaban J connectivity index is 1.36. The van der Waals surface area contributed by atoms with Gasteiger partial charge >= 0.3 is 0 Å². The van der Waals surface area contributed by atoms with Crippen molar-refractivity contribution in [2.45, 2.75) is 32.1 Å². The summed E-state index contributed by atoms with van der Waals surface area (Å²) in [4.78, 5) is 41.8. The molecule has 27 heavy (non-hydrogen) atoms. The normalized spacial score (nSPS) is 32.1. The van der Waals surface area contributed by atoms with Gasteiger partial charge in [0.15, 0.2) is 0 Å². The van der Waals surface area contributed by atoms with Gasteiger partial charge in [0.2, 0.25) is 11.8 Å². The number of likely N-dealkylation sites (tertiary alicyclic amines) is 1. The van der Waals surface area contributed by atoms with Crippen LogP contribution in [-0.4, -0.2) is 35.7 Å². The topological polar surface area (TPSA) is 57.7 Å². The molecule has 5 nitrogen and oxygen atoms in total. The Kier molecular flexibility index (Phi) is 3.92. The average molecular weight is 364 g/mol. The lowest BCUT2D eigenvalue weighted by Crippen LogP contribution is -2.33. The first-order chi connectivity index (χ1) is 13.1. The number of hydrogen-bond acceptors (Lipinski definition) is 3. The van der Waals surface area contributed by atoms with E-state index in [1.165, 1.54) is 17.7 Å². The third-order valence-electron chi connectivity index (χ3n) is 6.74. The van der Waals surface area contributed by atoms with Gasteiger partial charge in [-0.25, -0.2) is 0 Å². The Morgan fingerprint density at radius 2 is 1.37 bits per heavy atom. The monoisotopic (exact) mass is 364 g/mol. The predicted octanol–water partition coefficient (Wildman–Crippen LogP) is 3.01. The summed E-state index contributed by atoms with van der Waals surface area (Å²) in [6.45, 7) is 1.62. The zero-order valence-electron chi connectivity index (χ0n) is 15.3. The molecule has 2 aliphatic heterocycles. The number of imide groups is 1. The maximum Gasteiger partial charge on any atom is 0.253 e. The van der Waals surface area contributed by atoms with Gasteiger partial charge in [-0.3, -0.25) is 19.3 Å². The molecular weight excluding hydrogens is 340 g/mol. The van der Waals surface area contributed by atoms with E-state index in [-0.39, 0.29) is 41.4 Å². The van der Waals surface area contributed by atoms with Crippen LogP contribution in [0.25, 0.3) is 0 Å². The quantitative estimate of drug-likeness (QED) is 0.599. The van der Waals surface area contributed by atoms with E-state index in [4.69, 9.17) is 0 Å². The number of benzene rings is 1. The molecule has 5 heteroatoms. The Bertz CT molecular complexity index is 790. The zero-order chi connectivity index (χ0) is 18.5. The smallest absolute Gasteiger partial charge is 0.253 e. The first-order valence-electron chi connectivity index (χ1n) is 10.1. The lowest BCUT2D eigenvalue weighted by Gasteiger charge is -2.21. The summed E-state index contributed by atoms with van der Waals surface area (Å²) in [7, 11) is 0. The first kappa shape index (κ1) is 16.7. The number of fused-ring (bicyclic) bond motifs is 5. The minimum absolute atomic E-state index is 0.0432. The van der Waals surface area contributed by atoms with E-state index >= 15 is 0 Å². The maximum atomic E-state index is 12.9. The van der Waals surface area contributed by atoms with E-state index in [0.29, 0.717) is 11.3 Å². The van der Waals surface area contributed by atoms with E-state index in [1.807, 2.05) is 4.90 Å². The molecule has 3 amide bonds. The Morgan fingerprint density at radius 1 is 0.815 bits per heavy atom. The number of anilines is 1. The average Bonchev–Trinajstić information content (AvgIpc) is 3.28. The molecule has 2 heterocycles. The van der Waals surface area contributed by atoms with Gasteiger partial charge in [-0.2, -0.15) is 0 Å². The molecule has 2 bridgehead atoms. The molecule has 0 unspecified atom stereocenters. The molecule has 1 saturated carbocycles. The molecular formula is C22H24N2O3. The van der Waals surface area contributed by atoms with Crippen LogP contribution in [0.2, 0.25) is 0 Å². The zero-order valence-corrected chi connectivity index (χ0v) is 15.3. The van der Waals surface area contributed by atoms with Crippen molar-refractivity contribution < 1.29 is 14.4 Å². The van der Waals surface area contributed by atoms with Crippen LogP contribution in [0.4, 0.5) is 5.69 Å². The van der Waals surface area contributed by atoms with Crippen LogP contribution in [-0.2, 0) is 9.59 Å². The van der Waals surface area contributed by atoms with Crippen molar-refractivity contribution >= 4 is 23.4 Å². The van der Waals surface area contributed by atoms with Crippen molar-refractivity contribution in [3.05, 3.63) is 42.0 Å². The van der Waals surface area contributed by atoms with Gasteiger partial charge in [0.1, 0.15) is 0 Å². The standard InChI is InChI=1S/C22H24N2O3/c25-20(23-11-3-1-2-4-12-23)14-7-9-17(10-8-14)24-21(26)18-15-5-6-16(13-15)19(18)22(24)27/h5-10,15-16,18-19H,1-4,11-13H2/t15-,16+,18-,19-/m0/s1. The lowest BCUT2D eigenvalue weighted by atomic mass is 9.85. The van der Waals surface area contributed by atoms with Crippen LogP contribution in [0, 0.1) is 23.7 Å². The minimum Gasteiger partial charge on any atom is -0.339 e. The fraction of sp³-hybridized carbons (Fsp3) is 0.500. The number of rotatable bonds is 2. The number of nitrogens with zero attached hydrogens (tertiary/aromatic N) is 2. The predicted molar refractivity (Wildman–Crippen MR) is 101 cm³/mol. The summed E-state index contributed by atoms with van der Waals surface area (Å²) in [5.74, 6) is -0.0592. The number of amides is 3. The van der Waals surface area contributed by atoms with Gasteiger partial charge in [-0.15, -0.1) is 0 Å². The Labute approximate surface area is 159 Å². The largest absolute Gasteiger partial charge is 0.339 e. The van der Waals surface area contributed by atoms with Gasteiger partial charge < -0.3 is 4.90 Å².